The van der Waals surface area contributed by atoms with Crippen LogP contribution in [0.25, 0.3) is 0 Å². The van der Waals surface area contributed by atoms with Crippen LogP contribution in [0.2, 0.25) is 0 Å². The number of rotatable bonds is 2. The number of nitrogens with one attached hydrogen (secondary N) is 1. The van der Waals surface area contributed by atoms with Crippen molar-refractivity contribution in [2.24, 2.45) is 5.92 Å². The Hall–Kier alpha value is -0.860. The first-order valence-corrected chi connectivity index (χ1v) is 3.57. The smallest absolute Gasteiger partial charge is 0.289 e. The summed E-state index contributed by atoms with van der Waals surface area (Å²) in [7, 11) is 0. The molecule has 1 aromatic rings. The quantitative estimate of drug-likeness (QED) is 0.682. The number of H-pyrrole nitrogens is 1. The molecule has 0 radical (unpaired) electrons. The van der Waals surface area contributed by atoms with Crippen LogP contribution in [0.4, 0.5) is 8.78 Å². The molecule has 0 spiro atoms. The zero-order valence-corrected chi connectivity index (χ0v) is 6.57. The van der Waals surface area contributed by atoms with Gasteiger partial charge in [-0.2, -0.15) is 8.78 Å². The van der Waals surface area contributed by atoms with Gasteiger partial charge in [0.25, 0.3) is 5.92 Å². The molecular formula is C8H11F2N. The molecular weight excluding hydrogens is 148 g/mol. The summed E-state index contributed by atoms with van der Waals surface area (Å²) < 4.78 is 26.2. The minimum absolute atomic E-state index is 0.00694. The highest BCUT2D eigenvalue weighted by molar-refractivity contribution is 5.10. The Balaban J connectivity index is 2.90. The average molecular weight is 159 g/mol. The Morgan fingerprint density at radius 1 is 1.45 bits per heavy atom. The van der Waals surface area contributed by atoms with Crippen molar-refractivity contribution in [1.29, 1.82) is 0 Å². The Kier molecular flexibility index (Phi) is 1.98. The summed E-state index contributed by atoms with van der Waals surface area (Å²) in [5.74, 6) is -3.40. The predicted molar refractivity (Wildman–Crippen MR) is 39.5 cm³/mol. The number of aromatic nitrogens is 1. The Morgan fingerprint density at radius 3 is 2.45 bits per heavy atom. The molecule has 0 aliphatic rings. The number of hydrogen-bond donors (Lipinski definition) is 1. The molecule has 0 unspecified atom stereocenters. The van der Waals surface area contributed by atoms with Crippen molar-refractivity contribution in [3.63, 3.8) is 0 Å². The van der Waals surface area contributed by atoms with Gasteiger partial charge in [-0.1, -0.05) is 13.8 Å². The zero-order chi connectivity index (χ0) is 8.48. The largest absolute Gasteiger partial charge is 0.360 e. The average Bonchev–Trinajstić information content (AvgIpc) is 2.37. The molecule has 0 aliphatic heterocycles. The number of halogens is 2. The lowest BCUT2D eigenvalue weighted by atomic mass is 10.0. The van der Waals surface area contributed by atoms with E-state index in [1.54, 1.807) is 6.07 Å². The predicted octanol–water partition coefficient (Wildman–Crippen LogP) is 2.76. The van der Waals surface area contributed by atoms with Crippen LogP contribution in [0.5, 0.6) is 0 Å². The van der Waals surface area contributed by atoms with Crippen LogP contribution in [0.3, 0.4) is 0 Å². The van der Waals surface area contributed by atoms with E-state index in [-0.39, 0.29) is 5.69 Å². The van der Waals surface area contributed by atoms with E-state index in [1.165, 1.54) is 26.1 Å². The topological polar surface area (TPSA) is 15.8 Å². The molecule has 0 aromatic carbocycles. The lowest BCUT2D eigenvalue weighted by Gasteiger charge is -2.18. The summed E-state index contributed by atoms with van der Waals surface area (Å²) in [6, 6.07) is 2.98. The van der Waals surface area contributed by atoms with E-state index in [1.807, 2.05) is 0 Å². The molecule has 0 saturated carbocycles. The third-order valence-corrected chi connectivity index (χ3v) is 1.68. The van der Waals surface area contributed by atoms with Gasteiger partial charge >= 0.3 is 0 Å². The van der Waals surface area contributed by atoms with Crippen molar-refractivity contribution in [2.75, 3.05) is 0 Å². The first kappa shape index (κ1) is 8.24. The fraction of sp³-hybridized carbons (Fsp3) is 0.500. The molecule has 1 N–H and O–H groups in total. The molecule has 3 heteroatoms. The van der Waals surface area contributed by atoms with Crippen LogP contribution in [0.1, 0.15) is 19.5 Å². The van der Waals surface area contributed by atoms with Gasteiger partial charge < -0.3 is 4.98 Å². The second kappa shape index (κ2) is 2.64. The Morgan fingerprint density at radius 2 is 2.09 bits per heavy atom. The Bertz CT molecular complexity index is 214. The van der Waals surface area contributed by atoms with Crippen molar-refractivity contribution in [1.82, 2.24) is 4.98 Å². The van der Waals surface area contributed by atoms with Crippen molar-refractivity contribution in [3.05, 3.63) is 24.0 Å². The van der Waals surface area contributed by atoms with Crippen LogP contribution in [0, 0.1) is 5.92 Å². The first-order chi connectivity index (χ1) is 5.05. The standard InChI is InChI=1S/C8H11F2N/c1-6(2)8(9,10)7-4-3-5-11-7/h3-6,11H,1-2H3. The third kappa shape index (κ3) is 1.42. The molecule has 0 amide bonds. The maximum Gasteiger partial charge on any atom is 0.289 e. The van der Waals surface area contributed by atoms with E-state index >= 15 is 0 Å². The lowest BCUT2D eigenvalue weighted by Crippen LogP contribution is -2.21. The molecule has 0 atom stereocenters. The fourth-order valence-corrected chi connectivity index (χ4v) is 0.849. The van der Waals surface area contributed by atoms with E-state index < -0.39 is 11.8 Å². The summed E-state index contributed by atoms with van der Waals surface area (Å²) in [5.41, 5.74) is -0.00694. The van der Waals surface area contributed by atoms with Crippen LogP contribution < -0.4 is 0 Å². The summed E-state index contributed by atoms with van der Waals surface area (Å²) in [6.45, 7) is 3.00. The van der Waals surface area contributed by atoms with Gasteiger partial charge in [-0.05, 0) is 12.1 Å². The van der Waals surface area contributed by atoms with Crippen LogP contribution >= 0.6 is 0 Å². The second-order valence-electron chi connectivity index (χ2n) is 2.86. The summed E-state index contributed by atoms with van der Waals surface area (Å²) in [5, 5.41) is 0. The minimum atomic E-state index is -2.73. The van der Waals surface area contributed by atoms with Crippen molar-refractivity contribution in [3.8, 4) is 0 Å². The second-order valence-corrected chi connectivity index (χ2v) is 2.86. The SMILES string of the molecule is CC(C)C(F)(F)c1ccc[nH]1. The van der Waals surface area contributed by atoms with Crippen molar-refractivity contribution in [2.45, 2.75) is 19.8 Å². The first-order valence-electron chi connectivity index (χ1n) is 3.57. The number of aromatic amines is 1. The van der Waals surface area contributed by atoms with Gasteiger partial charge in [0, 0.05) is 12.1 Å². The van der Waals surface area contributed by atoms with E-state index in [2.05, 4.69) is 4.98 Å². The zero-order valence-electron chi connectivity index (χ0n) is 6.57. The normalized spacial score (nSPS) is 12.5. The van der Waals surface area contributed by atoms with Crippen LogP contribution in [-0.2, 0) is 5.92 Å². The highest BCUT2D eigenvalue weighted by Crippen LogP contribution is 2.33. The molecule has 1 aromatic heterocycles. The molecule has 0 saturated heterocycles. The molecule has 1 rings (SSSR count). The molecule has 62 valence electrons. The highest BCUT2D eigenvalue weighted by atomic mass is 19.3. The summed E-state index contributed by atoms with van der Waals surface area (Å²) in [4.78, 5) is 2.51. The summed E-state index contributed by atoms with van der Waals surface area (Å²) in [6.07, 6.45) is 1.51. The maximum absolute atomic E-state index is 13.1. The monoisotopic (exact) mass is 159 g/mol. The maximum atomic E-state index is 13.1. The van der Waals surface area contributed by atoms with E-state index in [4.69, 9.17) is 0 Å². The molecule has 0 aliphatic carbocycles. The third-order valence-electron chi connectivity index (χ3n) is 1.68. The highest BCUT2D eigenvalue weighted by Gasteiger charge is 2.36. The van der Waals surface area contributed by atoms with Gasteiger partial charge in [0.15, 0.2) is 0 Å². The van der Waals surface area contributed by atoms with E-state index in [9.17, 15) is 8.78 Å². The molecule has 0 bridgehead atoms. The van der Waals surface area contributed by atoms with Gasteiger partial charge in [0.2, 0.25) is 0 Å². The van der Waals surface area contributed by atoms with Crippen LogP contribution in [-0.4, -0.2) is 4.98 Å². The fourth-order valence-electron chi connectivity index (χ4n) is 0.849. The van der Waals surface area contributed by atoms with Crippen molar-refractivity contribution >= 4 is 0 Å². The molecule has 1 heterocycles. The molecule has 11 heavy (non-hydrogen) atoms. The van der Waals surface area contributed by atoms with Gasteiger partial charge in [0.1, 0.15) is 0 Å². The van der Waals surface area contributed by atoms with Gasteiger partial charge in [-0.3, -0.25) is 0 Å². The minimum Gasteiger partial charge on any atom is -0.360 e. The van der Waals surface area contributed by atoms with E-state index in [0.717, 1.165) is 0 Å². The lowest BCUT2D eigenvalue weighted by molar-refractivity contribution is -0.0549. The number of alkyl halides is 2. The Labute approximate surface area is 64.4 Å². The van der Waals surface area contributed by atoms with Crippen molar-refractivity contribution < 1.29 is 8.78 Å². The van der Waals surface area contributed by atoms with Gasteiger partial charge in [-0.15, -0.1) is 0 Å². The molecule has 0 fully saturated rings. The number of hydrogen-bond acceptors (Lipinski definition) is 0. The van der Waals surface area contributed by atoms with Gasteiger partial charge in [-0.25, -0.2) is 0 Å². The van der Waals surface area contributed by atoms with Crippen LogP contribution in [0.15, 0.2) is 18.3 Å². The molecule has 1 nitrogen and oxygen atoms in total. The van der Waals surface area contributed by atoms with Gasteiger partial charge in [0.05, 0.1) is 5.69 Å². The summed E-state index contributed by atoms with van der Waals surface area (Å²) >= 11 is 0. The van der Waals surface area contributed by atoms with E-state index in [0.29, 0.717) is 0 Å².